The summed E-state index contributed by atoms with van der Waals surface area (Å²) in [4.78, 5) is 34.6. The molecule has 0 aliphatic heterocycles. The van der Waals surface area contributed by atoms with Crippen LogP contribution in [0.4, 0.5) is 0 Å². The van der Waals surface area contributed by atoms with E-state index in [1.807, 2.05) is 0 Å². The molecule has 2 rings (SSSR count). The molecule has 2 N–H and O–H groups in total. The maximum absolute atomic E-state index is 12.0. The molecule has 0 saturated heterocycles. The van der Waals surface area contributed by atoms with E-state index in [2.05, 4.69) is 41.5 Å². The van der Waals surface area contributed by atoms with Crippen molar-refractivity contribution in [3.8, 4) is 0 Å². The average Bonchev–Trinajstić information content (AvgIpc) is 2.65. The first-order chi connectivity index (χ1) is 13.5. The number of sulfonamides is 2. The molecule has 0 bridgehead atoms. The fourth-order valence-electron chi connectivity index (χ4n) is 1.76. The Balaban J connectivity index is 1.87. The third-order valence-corrected chi connectivity index (χ3v) is 6.37. The lowest BCUT2D eigenvalue weighted by Gasteiger charge is -2.08. The van der Waals surface area contributed by atoms with Crippen molar-refractivity contribution in [2.24, 2.45) is 0 Å². The predicted molar refractivity (Wildman–Crippen MR) is 106 cm³/mol. The summed E-state index contributed by atoms with van der Waals surface area (Å²) in [6, 6.07) is 11.1. The van der Waals surface area contributed by atoms with E-state index in [0.717, 1.165) is 0 Å². The number of carbonyl (C=O) groups excluding carboxylic acids is 2. The van der Waals surface area contributed by atoms with Gasteiger partial charge in [0.25, 0.3) is 20.0 Å². The van der Waals surface area contributed by atoms with E-state index in [4.69, 9.17) is 0 Å². The second-order valence-electron chi connectivity index (χ2n) is 5.21. The van der Waals surface area contributed by atoms with Gasteiger partial charge in [-0.15, -0.1) is 0 Å². The van der Waals surface area contributed by atoms with E-state index in [1.165, 1.54) is 36.4 Å². The molecule has 0 fully saturated rings. The number of hydrogen-bond donors (Lipinski definition) is 2. The van der Waals surface area contributed by atoms with Gasteiger partial charge in [0.2, 0.25) is 0 Å². The van der Waals surface area contributed by atoms with Gasteiger partial charge in [-0.25, -0.2) is 26.4 Å². The fraction of sp³-hybridized carbons (Fsp3) is 0.0667. The zero-order valence-electron chi connectivity index (χ0n) is 14.2. The van der Waals surface area contributed by atoms with Crippen molar-refractivity contribution in [2.75, 3.05) is 0 Å². The minimum atomic E-state index is -4.18. The molecule has 0 aliphatic rings. The van der Waals surface area contributed by atoms with Gasteiger partial charge < -0.3 is 9.68 Å². The topological polar surface area (TPSA) is 145 Å². The summed E-state index contributed by atoms with van der Waals surface area (Å²) >= 11 is 6.20. The fourth-order valence-corrected chi connectivity index (χ4v) is 4.54. The van der Waals surface area contributed by atoms with Crippen molar-refractivity contribution >= 4 is 63.8 Å². The second kappa shape index (κ2) is 9.77. The largest absolute Gasteiger partial charge is 0.355 e. The van der Waals surface area contributed by atoms with E-state index in [1.54, 1.807) is 21.9 Å². The Morgan fingerprint density at radius 2 is 1.14 bits per heavy atom. The number of nitrogens with one attached hydrogen (secondary N) is 2. The Labute approximate surface area is 182 Å². The molecule has 0 heterocycles. The Hall–Kier alpha value is -1.84. The van der Waals surface area contributed by atoms with Gasteiger partial charge in [0.1, 0.15) is 6.42 Å². The predicted octanol–water partition coefficient (Wildman–Crippen LogP) is 1.77. The first-order valence-electron chi connectivity index (χ1n) is 7.44. The van der Waals surface area contributed by atoms with Crippen LogP contribution in [0.1, 0.15) is 6.42 Å². The maximum Gasteiger partial charge on any atom is 0.337 e. The highest BCUT2D eigenvalue weighted by atomic mass is 79.9. The third kappa shape index (κ3) is 7.17. The molecule has 0 saturated carbocycles. The van der Waals surface area contributed by atoms with Crippen LogP contribution < -0.4 is 9.77 Å². The molecule has 14 heteroatoms. The van der Waals surface area contributed by atoms with Crippen molar-refractivity contribution in [1.29, 1.82) is 0 Å². The molecule has 0 atom stereocenters. The summed E-state index contributed by atoms with van der Waals surface area (Å²) in [6.07, 6.45) is -1.05. The van der Waals surface area contributed by atoms with Crippen molar-refractivity contribution in [2.45, 2.75) is 16.2 Å². The van der Waals surface area contributed by atoms with Crippen LogP contribution in [0.15, 0.2) is 67.3 Å². The van der Waals surface area contributed by atoms with Gasteiger partial charge in [0.05, 0.1) is 9.79 Å². The van der Waals surface area contributed by atoms with Crippen LogP contribution in [0.3, 0.4) is 0 Å². The monoisotopic (exact) mass is 570 g/mol. The van der Waals surface area contributed by atoms with E-state index in [9.17, 15) is 26.4 Å². The van der Waals surface area contributed by atoms with Crippen molar-refractivity contribution in [1.82, 2.24) is 9.77 Å². The van der Waals surface area contributed by atoms with Crippen molar-refractivity contribution in [3.05, 3.63) is 57.5 Å². The Morgan fingerprint density at radius 3 is 1.48 bits per heavy atom. The molecule has 0 radical (unpaired) electrons. The first kappa shape index (κ1) is 23.4. The quantitative estimate of drug-likeness (QED) is 0.360. The van der Waals surface area contributed by atoms with Gasteiger partial charge in [-0.2, -0.15) is 0 Å². The third-order valence-electron chi connectivity index (χ3n) is 3.03. The smallest absolute Gasteiger partial charge is 0.337 e. The van der Waals surface area contributed by atoms with Crippen LogP contribution in [0.2, 0.25) is 0 Å². The number of halogens is 2. The summed E-state index contributed by atoms with van der Waals surface area (Å²) in [6.45, 7) is 0. The van der Waals surface area contributed by atoms with Crippen LogP contribution in [0, 0.1) is 0 Å². The summed E-state index contributed by atoms with van der Waals surface area (Å²) in [7, 11) is -8.36. The van der Waals surface area contributed by atoms with Crippen LogP contribution in [0.25, 0.3) is 0 Å². The number of benzene rings is 2. The number of hydrogen-bond acceptors (Lipinski definition) is 8. The van der Waals surface area contributed by atoms with Gasteiger partial charge >= 0.3 is 11.9 Å². The lowest BCUT2D eigenvalue weighted by atomic mass is 10.4. The van der Waals surface area contributed by atoms with Gasteiger partial charge in [-0.1, -0.05) is 44.0 Å². The van der Waals surface area contributed by atoms with Crippen LogP contribution in [-0.4, -0.2) is 28.8 Å². The average molecular weight is 572 g/mol. The summed E-state index contributed by atoms with van der Waals surface area (Å²) in [5, 5.41) is 0. The highest BCUT2D eigenvalue weighted by Crippen LogP contribution is 2.17. The summed E-state index contributed by atoms with van der Waals surface area (Å²) in [5.74, 6) is -2.62. The van der Waals surface area contributed by atoms with Gasteiger partial charge in [-0.3, -0.25) is 0 Å². The number of carbonyl (C=O) groups is 2. The van der Waals surface area contributed by atoms with Gasteiger partial charge in [0, 0.05) is 8.95 Å². The van der Waals surface area contributed by atoms with E-state index >= 15 is 0 Å². The van der Waals surface area contributed by atoms with Crippen LogP contribution in [-0.2, 0) is 39.3 Å². The normalized spacial score (nSPS) is 11.7. The molecule has 0 unspecified atom stereocenters. The van der Waals surface area contributed by atoms with Gasteiger partial charge in [0.15, 0.2) is 0 Å². The molecule has 10 nitrogen and oxygen atoms in total. The second-order valence-corrected chi connectivity index (χ2v) is 10.3. The van der Waals surface area contributed by atoms with Crippen molar-refractivity contribution < 1.29 is 36.1 Å². The highest BCUT2D eigenvalue weighted by Gasteiger charge is 2.21. The van der Waals surface area contributed by atoms with E-state index in [-0.39, 0.29) is 9.79 Å². The van der Waals surface area contributed by atoms with Crippen molar-refractivity contribution in [3.63, 3.8) is 0 Å². The molecule has 0 spiro atoms. The molecular formula is C15H12Br2N2O8S2. The first-order valence-corrected chi connectivity index (χ1v) is 12.0. The summed E-state index contributed by atoms with van der Waals surface area (Å²) in [5.41, 5.74) is 0. The Bertz CT molecular complexity index is 1050. The zero-order chi connectivity index (χ0) is 21.7. The minimum Gasteiger partial charge on any atom is -0.355 e. The maximum atomic E-state index is 12.0. The lowest BCUT2D eigenvalue weighted by Crippen LogP contribution is -2.31. The molecule has 0 aromatic heterocycles. The Morgan fingerprint density at radius 1 is 0.759 bits per heavy atom. The highest BCUT2D eigenvalue weighted by molar-refractivity contribution is 9.10. The standard InChI is InChI=1S/C15H12Br2N2O8S2/c16-10-3-1-5-12(7-10)28(22,23)18-26-14(20)9-15(21)27-19-29(24,25)13-6-2-4-11(17)8-13/h1-8,18-19H,9H2. The Kier molecular flexibility index (Phi) is 7.90. The molecule has 2 aromatic carbocycles. The lowest BCUT2D eigenvalue weighted by molar-refractivity contribution is -0.158. The molecular weight excluding hydrogens is 560 g/mol. The van der Waals surface area contributed by atoms with Gasteiger partial charge in [-0.05, 0) is 46.2 Å². The SMILES string of the molecule is O=C(CC(=O)ONS(=O)(=O)c1cccc(Br)c1)ONS(=O)(=O)c1cccc(Br)c1. The number of rotatable bonds is 8. The summed E-state index contributed by atoms with van der Waals surface area (Å²) < 4.78 is 48.9. The zero-order valence-corrected chi connectivity index (χ0v) is 19.0. The molecule has 2 aromatic rings. The minimum absolute atomic E-state index is 0.191. The molecule has 29 heavy (non-hydrogen) atoms. The molecule has 0 amide bonds. The molecule has 0 aliphatic carbocycles. The van der Waals surface area contributed by atoms with E-state index < -0.39 is 38.4 Å². The van der Waals surface area contributed by atoms with Crippen LogP contribution >= 0.6 is 31.9 Å². The van der Waals surface area contributed by atoms with E-state index in [0.29, 0.717) is 8.95 Å². The molecule has 156 valence electrons. The van der Waals surface area contributed by atoms with Crippen LogP contribution in [0.5, 0.6) is 0 Å².